The Bertz CT molecular complexity index is 1140. The van der Waals surface area contributed by atoms with Crippen molar-refractivity contribution in [2.75, 3.05) is 24.4 Å². The van der Waals surface area contributed by atoms with Crippen molar-refractivity contribution in [3.05, 3.63) is 71.7 Å². The maximum atomic E-state index is 13.4. The van der Waals surface area contributed by atoms with Gasteiger partial charge in [0.1, 0.15) is 12.4 Å². The highest BCUT2D eigenvalue weighted by atomic mass is 16.5. The molecule has 1 unspecified atom stereocenters. The SMILES string of the molecule is CCCCCOc1ccc(C2C(C(=O)Nc3ccccc3)=C(C)Nc3ncnn32)cc1OC. The number of para-hydroxylation sites is 1. The number of hydrogen-bond donors (Lipinski definition) is 2. The first-order chi connectivity index (χ1) is 16.1. The minimum atomic E-state index is -0.476. The highest BCUT2D eigenvalue weighted by Crippen LogP contribution is 2.38. The number of anilines is 2. The number of nitrogens with one attached hydrogen (secondary N) is 2. The number of allylic oxidation sites excluding steroid dienone is 1. The summed E-state index contributed by atoms with van der Waals surface area (Å²) in [5.74, 6) is 1.66. The fourth-order valence-corrected chi connectivity index (χ4v) is 3.92. The van der Waals surface area contributed by atoms with Crippen molar-refractivity contribution in [2.24, 2.45) is 0 Å². The minimum absolute atomic E-state index is 0.212. The molecule has 172 valence electrons. The molecule has 3 aromatic rings. The summed E-state index contributed by atoms with van der Waals surface area (Å²) in [6.07, 6.45) is 4.72. The predicted molar refractivity (Wildman–Crippen MR) is 128 cm³/mol. The highest BCUT2D eigenvalue weighted by molar-refractivity contribution is 6.06. The lowest BCUT2D eigenvalue weighted by Gasteiger charge is -2.29. The molecule has 0 bridgehead atoms. The molecule has 0 fully saturated rings. The van der Waals surface area contributed by atoms with Gasteiger partial charge in [-0.2, -0.15) is 10.1 Å². The van der Waals surface area contributed by atoms with Crippen molar-refractivity contribution in [2.45, 2.75) is 39.2 Å². The summed E-state index contributed by atoms with van der Waals surface area (Å²) >= 11 is 0. The molecule has 1 aromatic heterocycles. The maximum Gasteiger partial charge on any atom is 0.255 e. The normalized spacial score (nSPS) is 14.9. The lowest BCUT2D eigenvalue weighted by atomic mass is 9.94. The van der Waals surface area contributed by atoms with Gasteiger partial charge in [0.15, 0.2) is 11.5 Å². The van der Waals surface area contributed by atoms with E-state index in [9.17, 15) is 4.79 Å². The van der Waals surface area contributed by atoms with Crippen LogP contribution in [0, 0.1) is 0 Å². The molecule has 0 saturated heterocycles. The lowest BCUT2D eigenvalue weighted by molar-refractivity contribution is -0.113. The standard InChI is InChI=1S/C25H29N5O3/c1-4-5-9-14-33-20-13-12-18(15-21(20)32-3)23-22(17(2)28-25-26-16-27-30(23)25)24(31)29-19-10-7-6-8-11-19/h6-8,10-13,15-16,23H,4-5,9,14H2,1-3H3,(H,29,31)(H,26,27,28). The Morgan fingerprint density at radius 2 is 1.97 bits per heavy atom. The molecule has 33 heavy (non-hydrogen) atoms. The van der Waals surface area contributed by atoms with E-state index in [1.165, 1.54) is 6.33 Å². The van der Waals surface area contributed by atoms with E-state index in [1.54, 1.807) is 11.8 Å². The zero-order valence-electron chi connectivity index (χ0n) is 19.2. The summed E-state index contributed by atoms with van der Waals surface area (Å²) in [4.78, 5) is 17.7. The van der Waals surface area contributed by atoms with E-state index >= 15 is 0 Å². The van der Waals surface area contributed by atoms with Gasteiger partial charge < -0.3 is 20.1 Å². The molecule has 1 amide bonds. The van der Waals surface area contributed by atoms with Crippen LogP contribution in [0.25, 0.3) is 0 Å². The van der Waals surface area contributed by atoms with E-state index in [0.29, 0.717) is 35.3 Å². The van der Waals surface area contributed by atoms with Crippen LogP contribution in [0.3, 0.4) is 0 Å². The fraction of sp³-hybridized carbons (Fsp3) is 0.320. The Morgan fingerprint density at radius 1 is 1.15 bits per heavy atom. The van der Waals surface area contributed by atoms with Gasteiger partial charge in [0.2, 0.25) is 5.95 Å². The minimum Gasteiger partial charge on any atom is -0.493 e. The number of benzene rings is 2. The molecule has 1 aliphatic heterocycles. The summed E-state index contributed by atoms with van der Waals surface area (Å²) in [6.45, 7) is 4.66. The van der Waals surface area contributed by atoms with Gasteiger partial charge in [0.05, 0.1) is 19.3 Å². The summed E-state index contributed by atoms with van der Waals surface area (Å²) in [6, 6.07) is 14.6. The van der Waals surface area contributed by atoms with Crippen molar-refractivity contribution in [3.63, 3.8) is 0 Å². The molecule has 1 aliphatic rings. The smallest absolute Gasteiger partial charge is 0.255 e. The van der Waals surface area contributed by atoms with Crippen LogP contribution in [0.1, 0.15) is 44.7 Å². The van der Waals surface area contributed by atoms with Crippen LogP contribution in [0.2, 0.25) is 0 Å². The topological polar surface area (TPSA) is 90.3 Å². The van der Waals surface area contributed by atoms with Crippen molar-refractivity contribution in [1.82, 2.24) is 14.8 Å². The van der Waals surface area contributed by atoms with Crippen LogP contribution in [-0.2, 0) is 4.79 Å². The molecule has 8 heteroatoms. The number of carbonyl (C=O) groups excluding carboxylic acids is 1. The van der Waals surface area contributed by atoms with Crippen molar-refractivity contribution in [1.29, 1.82) is 0 Å². The quantitative estimate of drug-likeness (QED) is 0.459. The monoisotopic (exact) mass is 447 g/mol. The lowest BCUT2D eigenvalue weighted by Crippen LogP contribution is -2.31. The second-order valence-electron chi connectivity index (χ2n) is 7.88. The number of unbranched alkanes of at least 4 members (excludes halogenated alkanes) is 2. The first kappa shape index (κ1) is 22.4. The van der Waals surface area contributed by atoms with Gasteiger partial charge in [-0.3, -0.25) is 4.79 Å². The number of ether oxygens (including phenoxy) is 2. The molecular weight excluding hydrogens is 418 g/mol. The summed E-state index contributed by atoms with van der Waals surface area (Å²) < 4.78 is 13.3. The average molecular weight is 448 g/mol. The Morgan fingerprint density at radius 3 is 2.73 bits per heavy atom. The Balaban J connectivity index is 1.68. The molecule has 2 aromatic carbocycles. The second kappa shape index (κ2) is 10.2. The Labute approximate surface area is 193 Å². The van der Waals surface area contributed by atoms with E-state index in [0.717, 1.165) is 30.5 Å². The van der Waals surface area contributed by atoms with Crippen LogP contribution in [0.15, 0.2) is 66.1 Å². The first-order valence-corrected chi connectivity index (χ1v) is 11.2. The van der Waals surface area contributed by atoms with Gasteiger partial charge in [-0.25, -0.2) is 4.68 Å². The number of methoxy groups -OCH3 is 1. The van der Waals surface area contributed by atoms with E-state index in [1.807, 2.05) is 55.5 Å². The zero-order valence-corrected chi connectivity index (χ0v) is 19.2. The van der Waals surface area contributed by atoms with Gasteiger partial charge in [-0.15, -0.1) is 0 Å². The molecular formula is C25H29N5O3. The molecule has 0 radical (unpaired) electrons. The number of amides is 1. The number of rotatable bonds is 9. The van der Waals surface area contributed by atoms with Gasteiger partial charge in [-0.1, -0.05) is 44.0 Å². The predicted octanol–water partition coefficient (Wildman–Crippen LogP) is 4.78. The fourth-order valence-electron chi connectivity index (χ4n) is 3.92. The van der Waals surface area contributed by atoms with Crippen molar-refractivity contribution >= 4 is 17.5 Å². The molecule has 0 saturated carbocycles. The third-order valence-corrected chi connectivity index (χ3v) is 5.58. The molecule has 8 nitrogen and oxygen atoms in total. The van der Waals surface area contributed by atoms with Crippen LogP contribution in [-0.4, -0.2) is 34.4 Å². The van der Waals surface area contributed by atoms with Crippen LogP contribution >= 0.6 is 0 Å². The number of carbonyl (C=O) groups is 1. The highest BCUT2D eigenvalue weighted by Gasteiger charge is 2.34. The second-order valence-corrected chi connectivity index (χ2v) is 7.88. The molecule has 1 atom stereocenters. The molecule has 2 N–H and O–H groups in total. The summed E-state index contributed by atoms with van der Waals surface area (Å²) in [5, 5.41) is 10.6. The first-order valence-electron chi connectivity index (χ1n) is 11.2. The summed E-state index contributed by atoms with van der Waals surface area (Å²) in [7, 11) is 1.62. The van der Waals surface area contributed by atoms with E-state index in [-0.39, 0.29) is 5.91 Å². The Kier molecular flexibility index (Phi) is 6.92. The molecule has 4 rings (SSSR count). The number of aromatic nitrogens is 3. The number of hydrogen-bond acceptors (Lipinski definition) is 6. The van der Waals surface area contributed by atoms with Gasteiger partial charge >= 0.3 is 0 Å². The van der Waals surface area contributed by atoms with Crippen molar-refractivity contribution < 1.29 is 14.3 Å². The third kappa shape index (κ3) is 4.84. The Hall–Kier alpha value is -3.81. The van der Waals surface area contributed by atoms with E-state index in [2.05, 4.69) is 27.6 Å². The zero-order chi connectivity index (χ0) is 23.2. The van der Waals surface area contributed by atoms with Crippen molar-refractivity contribution in [3.8, 4) is 11.5 Å². The molecule has 2 heterocycles. The van der Waals surface area contributed by atoms with Gasteiger partial charge in [-0.05, 0) is 43.2 Å². The van der Waals surface area contributed by atoms with Gasteiger partial charge in [0, 0.05) is 11.4 Å². The van der Waals surface area contributed by atoms with E-state index in [4.69, 9.17) is 9.47 Å². The van der Waals surface area contributed by atoms with Crippen LogP contribution in [0.4, 0.5) is 11.6 Å². The number of nitrogens with zero attached hydrogens (tertiary/aromatic N) is 3. The average Bonchev–Trinajstić information content (AvgIpc) is 3.29. The van der Waals surface area contributed by atoms with Crippen LogP contribution in [0.5, 0.6) is 11.5 Å². The van der Waals surface area contributed by atoms with Gasteiger partial charge in [0.25, 0.3) is 5.91 Å². The molecule has 0 aliphatic carbocycles. The summed E-state index contributed by atoms with van der Waals surface area (Å²) in [5.41, 5.74) is 2.83. The van der Waals surface area contributed by atoms with Crippen LogP contribution < -0.4 is 20.1 Å². The van der Waals surface area contributed by atoms with E-state index < -0.39 is 6.04 Å². The largest absolute Gasteiger partial charge is 0.493 e. The maximum absolute atomic E-state index is 13.4. The number of fused-ring (bicyclic) bond motifs is 1. The molecule has 0 spiro atoms. The third-order valence-electron chi connectivity index (χ3n) is 5.58.